The van der Waals surface area contributed by atoms with Gasteiger partial charge < -0.3 is 10.1 Å². The van der Waals surface area contributed by atoms with E-state index in [1.165, 1.54) is 0 Å². The summed E-state index contributed by atoms with van der Waals surface area (Å²) < 4.78 is 5.23. The maximum absolute atomic E-state index is 11.9. The SMILES string of the molecule is CCCC(=O)[C@H]1CCC[C@H]1NC(=O)OC(C)(C)C. The number of Topliss-reactive ketones (excluding diaryl/α,β-unsaturated/α-hetero) is 1. The first-order valence-corrected chi connectivity index (χ1v) is 6.85. The molecule has 0 aromatic rings. The highest BCUT2D eigenvalue weighted by molar-refractivity contribution is 5.82. The molecule has 1 aliphatic carbocycles. The molecule has 1 amide bonds. The summed E-state index contributed by atoms with van der Waals surface area (Å²) in [5, 5.41) is 2.84. The fourth-order valence-electron chi connectivity index (χ4n) is 2.41. The summed E-state index contributed by atoms with van der Waals surface area (Å²) in [7, 11) is 0. The van der Waals surface area contributed by atoms with Crippen LogP contribution < -0.4 is 5.32 Å². The lowest BCUT2D eigenvalue weighted by Gasteiger charge is -2.24. The number of amides is 1. The van der Waals surface area contributed by atoms with Crippen molar-refractivity contribution in [2.24, 2.45) is 5.92 Å². The number of ether oxygens (including phenoxy) is 1. The van der Waals surface area contributed by atoms with E-state index in [2.05, 4.69) is 5.32 Å². The van der Waals surface area contributed by atoms with Crippen LogP contribution in [0.15, 0.2) is 0 Å². The summed E-state index contributed by atoms with van der Waals surface area (Å²) in [5.41, 5.74) is -0.494. The van der Waals surface area contributed by atoms with Crippen molar-refractivity contribution in [3.8, 4) is 0 Å². The molecule has 0 aromatic heterocycles. The molecule has 0 aromatic carbocycles. The van der Waals surface area contributed by atoms with Gasteiger partial charge in [0.2, 0.25) is 0 Å². The molecule has 0 spiro atoms. The van der Waals surface area contributed by atoms with Gasteiger partial charge in [0.05, 0.1) is 0 Å². The van der Waals surface area contributed by atoms with Crippen LogP contribution in [0, 0.1) is 5.92 Å². The van der Waals surface area contributed by atoms with Crippen molar-refractivity contribution in [3.05, 3.63) is 0 Å². The molecule has 0 radical (unpaired) electrons. The van der Waals surface area contributed by atoms with E-state index in [1.54, 1.807) is 0 Å². The molecule has 1 saturated carbocycles. The third-order valence-corrected chi connectivity index (χ3v) is 3.13. The average molecular weight is 255 g/mol. The monoisotopic (exact) mass is 255 g/mol. The van der Waals surface area contributed by atoms with E-state index in [-0.39, 0.29) is 17.7 Å². The van der Waals surface area contributed by atoms with Crippen LogP contribution in [0.2, 0.25) is 0 Å². The first-order valence-electron chi connectivity index (χ1n) is 6.85. The maximum atomic E-state index is 11.9. The van der Waals surface area contributed by atoms with Gasteiger partial charge in [-0.25, -0.2) is 4.79 Å². The lowest BCUT2D eigenvalue weighted by Crippen LogP contribution is -2.42. The van der Waals surface area contributed by atoms with E-state index in [9.17, 15) is 9.59 Å². The average Bonchev–Trinajstić information content (AvgIpc) is 2.62. The number of alkyl carbamates (subject to hydrolysis) is 1. The van der Waals surface area contributed by atoms with E-state index in [1.807, 2.05) is 27.7 Å². The third-order valence-electron chi connectivity index (χ3n) is 3.13. The molecule has 4 heteroatoms. The molecule has 2 atom stereocenters. The largest absolute Gasteiger partial charge is 0.444 e. The number of rotatable bonds is 4. The summed E-state index contributed by atoms with van der Waals surface area (Å²) in [6.45, 7) is 7.51. The predicted octanol–water partition coefficient (Wildman–Crippen LogP) is 3.05. The molecule has 0 bridgehead atoms. The van der Waals surface area contributed by atoms with E-state index in [0.717, 1.165) is 25.7 Å². The smallest absolute Gasteiger partial charge is 0.407 e. The molecule has 0 aliphatic heterocycles. The fourth-order valence-corrected chi connectivity index (χ4v) is 2.41. The Kier molecular flexibility index (Phi) is 5.17. The van der Waals surface area contributed by atoms with Crippen LogP contribution in [0.25, 0.3) is 0 Å². The third kappa shape index (κ3) is 4.67. The summed E-state index contributed by atoms with van der Waals surface area (Å²) in [5.74, 6) is 0.258. The molecule has 0 unspecified atom stereocenters. The number of carbonyl (C=O) groups excluding carboxylic acids is 2. The molecular weight excluding hydrogens is 230 g/mol. The lowest BCUT2D eigenvalue weighted by molar-refractivity contribution is -0.123. The topological polar surface area (TPSA) is 55.4 Å². The standard InChI is InChI=1S/C14H25NO3/c1-5-7-12(16)10-8-6-9-11(10)15-13(17)18-14(2,3)4/h10-11H,5-9H2,1-4H3,(H,15,17)/t10-,11+/m0/s1. The molecule has 104 valence electrons. The predicted molar refractivity (Wildman–Crippen MR) is 70.4 cm³/mol. The van der Waals surface area contributed by atoms with Gasteiger partial charge in [-0.05, 0) is 40.0 Å². The molecule has 1 rings (SSSR count). The molecule has 4 nitrogen and oxygen atoms in total. The Bertz CT molecular complexity index is 307. The van der Waals surface area contributed by atoms with Crippen molar-refractivity contribution in [1.29, 1.82) is 0 Å². The van der Waals surface area contributed by atoms with Gasteiger partial charge in [0, 0.05) is 18.4 Å². The Morgan fingerprint density at radius 3 is 2.50 bits per heavy atom. The molecular formula is C14H25NO3. The fraction of sp³-hybridized carbons (Fsp3) is 0.857. The van der Waals surface area contributed by atoms with Gasteiger partial charge in [-0.2, -0.15) is 0 Å². The van der Waals surface area contributed by atoms with Crippen LogP contribution >= 0.6 is 0 Å². The van der Waals surface area contributed by atoms with Crippen LogP contribution in [0.3, 0.4) is 0 Å². The van der Waals surface area contributed by atoms with Crippen LogP contribution in [0.1, 0.15) is 59.8 Å². The van der Waals surface area contributed by atoms with Crippen molar-refractivity contribution < 1.29 is 14.3 Å². The number of nitrogens with one attached hydrogen (secondary N) is 1. The molecule has 0 heterocycles. The Morgan fingerprint density at radius 1 is 1.28 bits per heavy atom. The molecule has 18 heavy (non-hydrogen) atoms. The quantitative estimate of drug-likeness (QED) is 0.840. The number of carbonyl (C=O) groups is 2. The first-order chi connectivity index (χ1) is 8.33. The van der Waals surface area contributed by atoms with Gasteiger partial charge in [0.1, 0.15) is 11.4 Å². The first kappa shape index (κ1) is 15.0. The highest BCUT2D eigenvalue weighted by atomic mass is 16.6. The minimum Gasteiger partial charge on any atom is -0.444 e. The van der Waals surface area contributed by atoms with Crippen LogP contribution in [0.5, 0.6) is 0 Å². The summed E-state index contributed by atoms with van der Waals surface area (Å²) in [6.07, 6.45) is 3.83. The van der Waals surface area contributed by atoms with E-state index < -0.39 is 11.7 Å². The minimum absolute atomic E-state index is 0.0162. The Morgan fingerprint density at radius 2 is 1.94 bits per heavy atom. The molecule has 1 fully saturated rings. The normalized spacial score (nSPS) is 23.8. The second-order valence-electron chi connectivity index (χ2n) is 6.01. The molecule has 0 saturated heterocycles. The van der Waals surface area contributed by atoms with Crippen molar-refractivity contribution in [2.75, 3.05) is 0 Å². The van der Waals surface area contributed by atoms with E-state index in [4.69, 9.17) is 4.74 Å². The highest BCUT2D eigenvalue weighted by Gasteiger charge is 2.34. The lowest BCUT2D eigenvalue weighted by atomic mass is 9.95. The van der Waals surface area contributed by atoms with Crippen molar-refractivity contribution in [3.63, 3.8) is 0 Å². The van der Waals surface area contributed by atoms with Crippen LogP contribution in [0.4, 0.5) is 4.79 Å². The highest BCUT2D eigenvalue weighted by Crippen LogP contribution is 2.28. The number of hydrogen-bond donors (Lipinski definition) is 1. The van der Waals surface area contributed by atoms with Gasteiger partial charge >= 0.3 is 6.09 Å². The van der Waals surface area contributed by atoms with Gasteiger partial charge in [-0.1, -0.05) is 13.3 Å². The van der Waals surface area contributed by atoms with Gasteiger partial charge in [0.15, 0.2) is 0 Å². The Hall–Kier alpha value is -1.06. The molecule has 1 aliphatic rings. The zero-order valence-corrected chi connectivity index (χ0v) is 11.9. The minimum atomic E-state index is -0.494. The summed E-state index contributed by atoms with van der Waals surface area (Å²) in [6, 6.07) is -0.0427. The Balaban J connectivity index is 2.50. The summed E-state index contributed by atoms with van der Waals surface area (Å²) >= 11 is 0. The maximum Gasteiger partial charge on any atom is 0.407 e. The van der Waals surface area contributed by atoms with Crippen LogP contribution in [-0.4, -0.2) is 23.5 Å². The number of hydrogen-bond acceptors (Lipinski definition) is 3. The zero-order valence-electron chi connectivity index (χ0n) is 11.9. The van der Waals surface area contributed by atoms with Gasteiger partial charge in [-0.15, -0.1) is 0 Å². The van der Waals surface area contributed by atoms with Crippen molar-refractivity contribution >= 4 is 11.9 Å². The van der Waals surface area contributed by atoms with E-state index in [0.29, 0.717) is 6.42 Å². The second kappa shape index (κ2) is 6.21. The second-order valence-corrected chi connectivity index (χ2v) is 6.01. The number of ketones is 1. The zero-order chi connectivity index (χ0) is 13.8. The Labute approximate surface area is 109 Å². The van der Waals surface area contributed by atoms with Crippen LogP contribution in [-0.2, 0) is 9.53 Å². The summed E-state index contributed by atoms with van der Waals surface area (Å²) in [4.78, 5) is 23.6. The van der Waals surface area contributed by atoms with Gasteiger partial charge in [-0.3, -0.25) is 4.79 Å². The molecule has 1 N–H and O–H groups in total. The van der Waals surface area contributed by atoms with Crippen molar-refractivity contribution in [1.82, 2.24) is 5.32 Å². The van der Waals surface area contributed by atoms with Gasteiger partial charge in [0.25, 0.3) is 0 Å². The van der Waals surface area contributed by atoms with E-state index >= 15 is 0 Å². The van der Waals surface area contributed by atoms with Crippen molar-refractivity contribution in [2.45, 2.75) is 71.4 Å².